The highest BCUT2D eigenvalue weighted by Crippen LogP contribution is 2.33. The third-order valence-corrected chi connectivity index (χ3v) is 5.93. The molecular weight excluding hydrogens is 434 g/mol. The van der Waals surface area contributed by atoms with Crippen LogP contribution in [0, 0.1) is 6.92 Å². The van der Waals surface area contributed by atoms with Crippen molar-refractivity contribution >= 4 is 17.9 Å². The van der Waals surface area contributed by atoms with E-state index in [-0.39, 0.29) is 24.2 Å². The summed E-state index contributed by atoms with van der Waals surface area (Å²) in [6.07, 6.45) is 4.96. The lowest BCUT2D eigenvalue weighted by Gasteiger charge is -2.35. The van der Waals surface area contributed by atoms with Crippen molar-refractivity contribution in [1.29, 1.82) is 0 Å². The molecule has 0 heterocycles. The number of benzene rings is 1. The number of aromatic hydroxyl groups is 1. The number of hydrogen-bond donors (Lipinski definition) is 3. The number of alkyl carbamates (subject to hydrolysis) is 1. The number of amides is 3. The highest BCUT2D eigenvalue weighted by Gasteiger charge is 2.36. The maximum atomic E-state index is 13.6. The van der Waals surface area contributed by atoms with Crippen LogP contribution in [0.5, 0.6) is 5.75 Å². The Labute approximate surface area is 203 Å². The molecule has 1 saturated carbocycles. The molecule has 1 fully saturated rings. The van der Waals surface area contributed by atoms with Crippen LogP contribution in [0.4, 0.5) is 4.79 Å². The lowest BCUT2D eigenvalue weighted by Crippen LogP contribution is -2.53. The molecule has 0 spiro atoms. The van der Waals surface area contributed by atoms with E-state index in [0.717, 1.165) is 32.1 Å². The first-order chi connectivity index (χ1) is 15.9. The molecule has 0 saturated heterocycles. The molecule has 0 aliphatic heterocycles. The van der Waals surface area contributed by atoms with Gasteiger partial charge >= 0.3 is 6.09 Å². The quantitative estimate of drug-likeness (QED) is 0.518. The fourth-order valence-corrected chi connectivity index (χ4v) is 4.28. The number of ether oxygens (including phenoxy) is 1. The second-order valence-electron chi connectivity index (χ2n) is 10.2. The van der Waals surface area contributed by atoms with Gasteiger partial charge < -0.3 is 25.4 Å². The molecule has 8 heteroatoms. The highest BCUT2D eigenvalue weighted by molar-refractivity contribution is 5.92. The lowest BCUT2D eigenvalue weighted by atomic mass is 9.94. The first-order valence-corrected chi connectivity index (χ1v) is 12.3. The Hall–Kier alpha value is -2.77. The first kappa shape index (κ1) is 27.5. The van der Waals surface area contributed by atoms with Crippen molar-refractivity contribution < 1.29 is 24.2 Å². The molecule has 1 aliphatic carbocycles. The molecule has 8 nitrogen and oxygen atoms in total. The van der Waals surface area contributed by atoms with E-state index < -0.39 is 29.7 Å². The van der Waals surface area contributed by atoms with E-state index in [9.17, 15) is 19.5 Å². The van der Waals surface area contributed by atoms with Crippen LogP contribution in [-0.2, 0) is 14.3 Å². The van der Waals surface area contributed by atoms with E-state index in [1.807, 2.05) is 6.92 Å². The van der Waals surface area contributed by atoms with Crippen LogP contribution in [0.25, 0.3) is 0 Å². The normalized spacial score (nSPS) is 16.3. The molecule has 1 aromatic carbocycles. The lowest BCUT2D eigenvalue weighted by molar-refractivity contribution is -0.142. The van der Waals surface area contributed by atoms with Gasteiger partial charge in [0.25, 0.3) is 0 Å². The van der Waals surface area contributed by atoms with Gasteiger partial charge in [0.15, 0.2) is 0 Å². The van der Waals surface area contributed by atoms with Gasteiger partial charge in [-0.15, -0.1) is 0 Å². The minimum atomic E-state index is -1.02. The Morgan fingerprint density at radius 1 is 1.18 bits per heavy atom. The average Bonchev–Trinajstić information content (AvgIpc) is 2.75. The standard InChI is InChI=1S/C26H41N3O5/c1-7-16-29(24(32)18(3)27-25(33)34-26(4,5)6)21(20-15-11-12-17(2)22(20)30)23(31)28-19-13-9-8-10-14-19/h11-12,15,18-19,21,30H,7-10,13-14,16H2,1-6H3,(H,27,33)(H,28,31). The van der Waals surface area contributed by atoms with Gasteiger partial charge in [0.2, 0.25) is 11.8 Å². The summed E-state index contributed by atoms with van der Waals surface area (Å²) in [7, 11) is 0. The topological polar surface area (TPSA) is 108 Å². The highest BCUT2D eigenvalue weighted by atomic mass is 16.6. The van der Waals surface area contributed by atoms with Crippen LogP contribution in [-0.4, -0.2) is 52.1 Å². The number of phenolic OH excluding ortho intramolecular Hbond substituents is 1. The Kier molecular flexibility index (Phi) is 9.77. The molecule has 34 heavy (non-hydrogen) atoms. The number of carbonyl (C=O) groups is 3. The summed E-state index contributed by atoms with van der Waals surface area (Å²) in [4.78, 5) is 40.9. The largest absolute Gasteiger partial charge is 0.507 e. The third-order valence-electron chi connectivity index (χ3n) is 5.93. The zero-order chi connectivity index (χ0) is 25.5. The van der Waals surface area contributed by atoms with Crippen molar-refractivity contribution in [2.75, 3.05) is 6.54 Å². The Balaban J connectivity index is 2.36. The number of aryl methyl sites for hydroxylation is 1. The number of para-hydroxylation sites is 1. The Morgan fingerprint density at radius 3 is 2.41 bits per heavy atom. The molecule has 190 valence electrons. The van der Waals surface area contributed by atoms with Gasteiger partial charge in [-0.25, -0.2) is 4.79 Å². The predicted molar refractivity (Wildman–Crippen MR) is 131 cm³/mol. The van der Waals surface area contributed by atoms with Gasteiger partial charge in [0.1, 0.15) is 23.4 Å². The molecule has 3 amide bonds. The summed E-state index contributed by atoms with van der Waals surface area (Å²) < 4.78 is 5.29. The summed E-state index contributed by atoms with van der Waals surface area (Å²) >= 11 is 0. The number of rotatable bonds is 8. The molecule has 0 radical (unpaired) electrons. The third kappa shape index (κ3) is 7.64. The van der Waals surface area contributed by atoms with Gasteiger partial charge in [0, 0.05) is 18.2 Å². The minimum Gasteiger partial charge on any atom is -0.507 e. The van der Waals surface area contributed by atoms with Crippen molar-refractivity contribution in [3.63, 3.8) is 0 Å². The van der Waals surface area contributed by atoms with E-state index in [1.165, 1.54) is 4.90 Å². The molecule has 1 aliphatic rings. The number of hydrogen-bond acceptors (Lipinski definition) is 5. The maximum Gasteiger partial charge on any atom is 0.408 e. The number of phenols is 1. The van der Waals surface area contributed by atoms with Gasteiger partial charge in [-0.05, 0) is 59.4 Å². The summed E-state index contributed by atoms with van der Waals surface area (Å²) in [5, 5.41) is 16.5. The summed E-state index contributed by atoms with van der Waals surface area (Å²) in [6, 6.07) is 3.31. The van der Waals surface area contributed by atoms with Crippen LogP contribution in [0.1, 0.15) is 90.3 Å². The SMILES string of the molecule is CCCN(C(=O)C(C)NC(=O)OC(C)(C)C)C(C(=O)NC1CCCCC1)c1cccc(C)c1O. The Morgan fingerprint density at radius 2 is 1.82 bits per heavy atom. The van der Waals surface area contributed by atoms with Crippen LogP contribution in [0.15, 0.2) is 18.2 Å². The van der Waals surface area contributed by atoms with Crippen molar-refractivity contribution in [3.8, 4) is 5.75 Å². The smallest absolute Gasteiger partial charge is 0.408 e. The molecule has 2 rings (SSSR count). The maximum absolute atomic E-state index is 13.6. The number of carbonyl (C=O) groups excluding carboxylic acids is 3. The van der Waals surface area contributed by atoms with Crippen molar-refractivity contribution in [2.24, 2.45) is 0 Å². The summed E-state index contributed by atoms with van der Waals surface area (Å²) in [5.41, 5.74) is 0.294. The first-order valence-electron chi connectivity index (χ1n) is 12.3. The second-order valence-corrected chi connectivity index (χ2v) is 10.2. The predicted octanol–water partition coefficient (Wildman–Crippen LogP) is 4.34. The molecule has 0 bridgehead atoms. The molecule has 1 aromatic rings. The molecule has 2 unspecified atom stereocenters. The number of nitrogens with zero attached hydrogens (tertiary/aromatic N) is 1. The van der Waals surface area contributed by atoms with Gasteiger partial charge in [-0.1, -0.05) is 44.4 Å². The van der Waals surface area contributed by atoms with E-state index in [0.29, 0.717) is 17.5 Å². The fourth-order valence-electron chi connectivity index (χ4n) is 4.28. The van der Waals surface area contributed by atoms with Crippen molar-refractivity contribution in [3.05, 3.63) is 29.3 Å². The molecule has 3 N–H and O–H groups in total. The van der Waals surface area contributed by atoms with Gasteiger partial charge in [-0.3, -0.25) is 9.59 Å². The van der Waals surface area contributed by atoms with E-state index in [4.69, 9.17) is 4.74 Å². The van der Waals surface area contributed by atoms with Crippen LogP contribution < -0.4 is 10.6 Å². The zero-order valence-corrected chi connectivity index (χ0v) is 21.4. The summed E-state index contributed by atoms with van der Waals surface area (Å²) in [5.74, 6) is -0.746. The molecule has 2 atom stereocenters. The minimum absolute atomic E-state index is 0.00653. The number of nitrogens with one attached hydrogen (secondary N) is 2. The second kappa shape index (κ2) is 12.1. The van der Waals surface area contributed by atoms with Crippen molar-refractivity contribution in [1.82, 2.24) is 15.5 Å². The molecule has 0 aromatic heterocycles. The van der Waals surface area contributed by atoms with Crippen LogP contribution in [0.2, 0.25) is 0 Å². The average molecular weight is 476 g/mol. The zero-order valence-electron chi connectivity index (χ0n) is 21.4. The summed E-state index contributed by atoms with van der Waals surface area (Å²) in [6.45, 7) is 10.8. The van der Waals surface area contributed by atoms with Gasteiger partial charge in [0.05, 0.1) is 0 Å². The van der Waals surface area contributed by atoms with Crippen molar-refractivity contribution in [2.45, 2.75) is 104 Å². The van der Waals surface area contributed by atoms with E-state index >= 15 is 0 Å². The monoisotopic (exact) mass is 475 g/mol. The fraction of sp³-hybridized carbons (Fsp3) is 0.654. The van der Waals surface area contributed by atoms with Gasteiger partial charge in [-0.2, -0.15) is 0 Å². The van der Waals surface area contributed by atoms with E-state index in [2.05, 4.69) is 10.6 Å². The van der Waals surface area contributed by atoms with Crippen LogP contribution in [0.3, 0.4) is 0 Å². The van der Waals surface area contributed by atoms with Crippen LogP contribution >= 0.6 is 0 Å². The Bertz CT molecular complexity index is 858. The van der Waals surface area contributed by atoms with E-state index in [1.54, 1.807) is 52.8 Å². The molecular formula is C26H41N3O5.